The SMILES string of the molecule is CN1C2CCC1CC(Oc1ccc(-n3cnc4cc(C(O)C5CCCC5)sc4c3=O)cc1)C2. The number of hydrogen-bond donors (Lipinski definition) is 1. The predicted octanol–water partition coefficient (Wildman–Crippen LogP) is 4.67. The minimum Gasteiger partial charge on any atom is -0.490 e. The largest absolute Gasteiger partial charge is 0.490 e. The molecular weight excluding hydrogens is 434 g/mol. The standard InChI is InChI=1S/C26H31N3O3S/c1-28-18-6-7-19(28)13-21(12-18)32-20-10-8-17(9-11-20)29-15-27-22-14-23(33-25(22)26(29)31)24(30)16-4-2-3-5-16/h8-11,14-16,18-19,21,24,30H,2-7,12-13H2,1H3. The normalized spacial score (nSPS) is 26.8. The summed E-state index contributed by atoms with van der Waals surface area (Å²) in [7, 11) is 2.24. The van der Waals surface area contributed by atoms with Gasteiger partial charge in [-0.1, -0.05) is 12.8 Å². The third kappa shape index (κ3) is 3.90. The summed E-state index contributed by atoms with van der Waals surface area (Å²) in [5, 5.41) is 10.8. The summed E-state index contributed by atoms with van der Waals surface area (Å²) in [6.45, 7) is 0. The monoisotopic (exact) mass is 465 g/mol. The summed E-state index contributed by atoms with van der Waals surface area (Å²) in [6, 6.07) is 10.9. The van der Waals surface area contributed by atoms with Gasteiger partial charge in [-0.3, -0.25) is 9.36 Å². The van der Waals surface area contributed by atoms with Crippen molar-refractivity contribution >= 4 is 21.6 Å². The Kier molecular flexibility index (Phi) is 5.51. The quantitative estimate of drug-likeness (QED) is 0.593. The number of rotatable bonds is 5. The molecule has 3 unspecified atom stereocenters. The average molecular weight is 466 g/mol. The Morgan fingerprint density at radius 2 is 1.79 bits per heavy atom. The molecule has 0 radical (unpaired) electrons. The first-order chi connectivity index (χ1) is 16.1. The van der Waals surface area contributed by atoms with E-state index in [-0.39, 0.29) is 11.7 Å². The van der Waals surface area contributed by atoms with Crippen molar-refractivity contribution < 1.29 is 9.84 Å². The van der Waals surface area contributed by atoms with E-state index in [4.69, 9.17) is 4.74 Å². The van der Waals surface area contributed by atoms with Gasteiger partial charge >= 0.3 is 0 Å². The van der Waals surface area contributed by atoms with Crippen LogP contribution in [0, 0.1) is 5.92 Å². The van der Waals surface area contributed by atoms with E-state index in [0.717, 1.165) is 42.0 Å². The van der Waals surface area contributed by atoms with Crippen molar-refractivity contribution in [3.05, 3.63) is 51.9 Å². The third-order valence-corrected chi connectivity index (χ3v) is 9.25. The number of nitrogens with zero attached hydrogens (tertiary/aromatic N) is 3. The molecule has 1 N–H and O–H groups in total. The minimum atomic E-state index is -0.495. The van der Waals surface area contributed by atoms with Gasteiger partial charge in [-0.15, -0.1) is 11.3 Å². The molecule has 6 rings (SSSR count). The van der Waals surface area contributed by atoms with Crippen LogP contribution in [0.25, 0.3) is 15.9 Å². The third-order valence-electron chi connectivity index (χ3n) is 8.07. The summed E-state index contributed by atoms with van der Waals surface area (Å²) in [4.78, 5) is 21.1. The van der Waals surface area contributed by atoms with E-state index in [1.807, 2.05) is 30.3 Å². The Morgan fingerprint density at radius 3 is 2.48 bits per heavy atom. The van der Waals surface area contributed by atoms with Gasteiger partial charge in [0.05, 0.1) is 17.3 Å². The van der Waals surface area contributed by atoms with Gasteiger partial charge in [-0.05, 0) is 81.8 Å². The average Bonchev–Trinajstić information content (AvgIpc) is 3.54. The number of aliphatic hydroxyl groups excluding tert-OH is 1. The molecule has 3 fully saturated rings. The van der Waals surface area contributed by atoms with Crippen LogP contribution in [-0.2, 0) is 0 Å². The highest BCUT2D eigenvalue weighted by atomic mass is 32.1. The zero-order valence-electron chi connectivity index (χ0n) is 19.0. The van der Waals surface area contributed by atoms with E-state index >= 15 is 0 Å². The summed E-state index contributed by atoms with van der Waals surface area (Å²) in [5.41, 5.74) is 1.36. The maximum Gasteiger partial charge on any atom is 0.275 e. The second-order valence-electron chi connectivity index (χ2n) is 10.0. The second-order valence-corrected chi connectivity index (χ2v) is 11.1. The Morgan fingerprint density at radius 1 is 1.09 bits per heavy atom. The fraction of sp³-hybridized carbons (Fsp3) is 0.538. The number of piperidine rings is 1. The number of aliphatic hydroxyl groups is 1. The Balaban J connectivity index is 1.21. The summed E-state index contributed by atoms with van der Waals surface area (Å²) in [6.07, 6.45) is 10.6. The molecule has 1 aromatic carbocycles. The first kappa shape index (κ1) is 21.3. The zero-order valence-corrected chi connectivity index (χ0v) is 19.8. The van der Waals surface area contributed by atoms with E-state index in [1.54, 1.807) is 10.9 Å². The molecular formula is C26H31N3O3S. The lowest BCUT2D eigenvalue weighted by atomic mass is 10.00. The molecule has 174 valence electrons. The van der Waals surface area contributed by atoms with Gasteiger partial charge in [-0.25, -0.2) is 4.98 Å². The molecule has 7 heteroatoms. The topological polar surface area (TPSA) is 67.6 Å². The molecule has 2 saturated heterocycles. The summed E-state index contributed by atoms with van der Waals surface area (Å²) in [5.74, 6) is 1.15. The van der Waals surface area contributed by atoms with Gasteiger partial charge in [-0.2, -0.15) is 0 Å². The lowest BCUT2D eigenvalue weighted by Crippen LogP contribution is -2.43. The van der Waals surface area contributed by atoms with Crippen molar-refractivity contribution in [2.75, 3.05) is 7.05 Å². The van der Waals surface area contributed by atoms with E-state index in [1.165, 1.54) is 37.0 Å². The smallest absolute Gasteiger partial charge is 0.275 e. The van der Waals surface area contributed by atoms with Crippen molar-refractivity contribution in [2.24, 2.45) is 5.92 Å². The predicted molar refractivity (Wildman–Crippen MR) is 130 cm³/mol. The Bertz CT molecular complexity index is 1180. The van der Waals surface area contributed by atoms with Crippen LogP contribution in [0.3, 0.4) is 0 Å². The Hall–Kier alpha value is -2.22. The number of aromatic nitrogens is 2. The lowest BCUT2D eigenvalue weighted by Gasteiger charge is -2.36. The Labute approximate surface area is 197 Å². The molecule has 1 saturated carbocycles. The number of thiophene rings is 1. The molecule has 6 nitrogen and oxygen atoms in total. The maximum atomic E-state index is 13.2. The van der Waals surface area contributed by atoms with Gasteiger partial charge < -0.3 is 14.7 Å². The van der Waals surface area contributed by atoms with E-state index in [0.29, 0.717) is 28.2 Å². The second kappa shape index (κ2) is 8.53. The highest BCUT2D eigenvalue weighted by molar-refractivity contribution is 7.19. The first-order valence-electron chi connectivity index (χ1n) is 12.2. The molecule has 1 aliphatic carbocycles. The lowest BCUT2D eigenvalue weighted by molar-refractivity contribution is 0.0662. The first-order valence-corrected chi connectivity index (χ1v) is 13.1. The van der Waals surface area contributed by atoms with Crippen molar-refractivity contribution in [2.45, 2.75) is 75.7 Å². The van der Waals surface area contributed by atoms with Gasteiger partial charge in [0, 0.05) is 17.0 Å². The molecule has 2 bridgehead atoms. The molecule has 3 aliphatic rings. The number of hydrogen-bond acceptors (Lipinski definition) is 6. The summed E-state index contributed by atoms with van der Waals surface area (Å²) < 4.78 is 8.49. The number of fused-ring (bicyclic) bond motifs is 3. The molecule has 2 aliphatic heterocycles. The molecule has 0 spiro atoms. The fourth-order valence-electron chi connectivity index (χ4n) is 6.10. The molecule has 3 atom stereocenters. The highest BCUT2D eigenvalue weighted by Crippen LogP contribution is 2.39. The zero-order chi connectivity index (χ0) is 22.5. The molecule has 3 aromatic rings. The van der Waals surface area contributed by atoms with Crippen LogP contribution < -0.4 is 10.3 Å². The van der Waals surface area contributed by atoms with E-state index in [9.17, 15) is 9.90 Å². The van der Waals surface area contributed by atoms with Gasteiger partial charge in [0.2, 0.25) is 0 Å². The van der Waals surface area contributed by atoms with E-state index < -0.39 is 6.10 Å². The van der Waals surface area contributed by atoms with Crippen molar-refractivity contribution in [3.63, 3.8) is 0 Å². The minimum absolute atomic E-state index is 0.0876. The van der Waals surface area contributed by atoms with Crippen LogP contribution in [0.1, 0.15) is 62.3 Å². The van der Waals surface area contributed by atoms with Crippen LogP contribution in [-0.4, -0.2) is 44.8 Å². The van der Waals surface area contributed by atoms with Gasteiger partial charge in [0.15, 0.2) is 0 Å². The van der Waals surface area contributed by atoms with Crippen molar-refractivity contribution in [1.29, 1.82) is 0 Å². The van der Waals surface area contributed by atoms with E-state index in [2.05, 4.69) is 16.9 Å². The van der Waals surface area contributed by atoms with Gasteiger partial charge in [0.25, 0.3) is 5.56 Å². The van der Waals surface area contributed by atoms with Crippen molar-refractivity contribution in [1.82, 2.24) is 14.5 Å². The van der Waals surface area contributed by atoms with Crippen LogP contribution in [0.15, 0.2) is 41.5 Å². The number of benzene rings is 1. The summed E-state index contributed by atoms with van der Waals surface area (Å²) >= 11 is 1.39. The van der Waals surface area contributed by atoms with Crippen LogP contribution in [0.2, 0.25) is 0 Å². The van der Waals surface area contributed by atoms with Crippen LogP contribution in [0.4, 0.5) is 0 Å². The maximum absolute atomic E-state index is 13.2. The van der Waals surface area contributed by atoms with Crippen LogP contribution in [0.5, 0.6) is 5.75 Å². The molecule has 0 amide bonds. The highest BCUT2D eigenvalue weighted by Gasteiger charge is 2.39. The molecule has 2 aromatic heterocycles. The molecule has 4 heterocycles. The number of ether oxygens (including phenoxy) is 1. The molecule has 33 heavy (non-hydrogen) atoms. The van der Waals surface area contributed by atoms with Crippen LogP contribution >= 0.6 is 11.3 Å². The van der Waals surface area contributed by atoms with Crippen molar-refractivity contribution in [3.8, 4) is 11.4 Å². The fourth-order valence-corrected chi connectivity index (χ4v) is 7.22. The van der Waals surface area contributed by atoms with Gasteiger partial charge in [0.1, 0.15) is 22.9 Å².